The predicted molar refractivity (Wildman–Crippen MR) is 114 cm³/mol. The van der Waals surface area contributed by atoms with Crippen LogP contribution in [0.4, 0.5) is 13.2 Å². The van der Waals surface area contributed by atoms with Crippen molar-refractivity contribution < 1.29 is 27.8 Å². The summed E-state index contributed by atoms with van der Waals surface area (Å²) in [6.07, 6.45) is 9.97. The second-order valence-corrected chi connectivity index (χ2v) is 7.85. The van der Waals surface area contributed by atoms with Crippen molar-refractivity contribution in [3.63, 3.8) is 0 Å². The number of aryl methyl sites for hydroxylation is 1. The Labute approximate surface area is 180 Å². The number of hydrogen-bond acceptors (Lipinski definition) is 3. The Hall–Kier alpha value is -1.11. The fourth-order valence-electron chi connectivity index (χ4n) is 3.83. The van der Waals surface area contributed by atoms with Gasteiger partial charge in [0.25, 0.3) is 5.97 Å². The van der Waals surface area contributed by atoms with Gasteiger partial charge in [0.2, 0.25) is 0 Å². The first-order chi connectivity index (χ1) is 14.4. The van der Waals surface area contributed by atoms with Gasteiger partial charge in [-0.25, -0.2) is 13.2 Å². The third-order valence-electron chi connectivity index (χ3n) is 5.46. The number of rotatable bonds is 17. The number of aliphatic hydroxyl groups is 1. The van der Waals surface area contributed by atoms with Crippen molar-refractivity contribution in [1.82, 2.24) is 0 Å². The first-order valence-electron chi connectivity index (χ1n) is 11.5. The number of unbranched alkanes of at least 4 members (excludes halogenated alkanes) is 6. The average molecular weight is 433 g/mol. The SMILES string of the molecule is CCCCCCCCC(CCCCc1cc(F)c(F)cc1F)C(O)(OCC)OCC. The monoisotopic (exact) mass is 432 g/mol. The number of benzene rings is 1. The van der Waals surface area contributed by atoms with E-state index in [0.29, 0.717) is 45.0 Å². The second kappa shape index (κ2) is 14.8. The van der Waals surface area contributed by atoms with Crippen LogP contribution in [-0.2, 0) is 15.9 Å². The smallest absolute Gasteiger partial charge is 0.283 e. The van der Waals surface area contributed by atoms with Crippen molar-refractivity contribution in [3.8, 4) is 0 Å². The highest BCUT2D eigenvalue weighted by Crippen LogP contribution is 2.31. The third-order valence-corrected chi connectivity index (χ3v) is 5.46. The van der Waals surface area contributed by atoms with Crippen LogP contribution in [0.5, 0.6) is 0 Å². The van der Waals surface area contributed by atoms with E-state index in [0.717, 1.165) is 25.3 Å². The molecule has 1 atom stereocenters. The zero-order chi connectivity index (χ0) is 22.4. The lowest BCUT2D eigenvalue weighted by molar-refractivity contribution is -0.385. The highest BCUT2D eigenvalue weighted by Gasteiger charge is 2.38. The summed E-state index contributed by atoms with van der Waals surface area (Å²) in [6, 6.07) is 1.52. The summed E-state index contributed by atoms with van der Waals surface area (Å²) in [5.74, 6) is -4.75. The standard InChI is InChI=1S/C24H39F3O3/c1-4-7-8-9-10-11-15-20(24(28,29-5-2)30-6-3)16-13-12-14-19-17-22(26)23(27)18-21(19)25/h17-18,20,28H,4-16H2,1-3H3. The fourth-order valence-corrected chi connectivity index (χ4v) is 3.83. The van der Waals surface area contributed by atoms with Crippen molar-refractivity contribution in [3.05, 3.63) is 35.1 Å². The fraction of sp³-hybridized carbons (Fsp3) is 0.750. The molecule has 1 aromatic rings. The molecule has 1 rings (SSSR count). The highest BCUT2D eigenvalue weighted by atomic mass is 19.2. The van der Waals surface area contributed by atoms with Gasteiger partial charge in [0, 0.05) is 25.2 Å². The Balaban J connectivity index is 2.62. The molecule has 0 spiro atoms. The van der Waals surface area contributed by atoms with Gasteiger partial charge in [-0.05, 0) is 51.2 Å². The number of ether oxygens (including phenoxy) is 2. The Morgan fingerprint density at radius 3 is 1.90 bits per heavy atom. The van der Waals surface area contributed by atoms with Gasteiger partial charge in [0.15, 0.2) is 11.6 Å². The maximum atomic E-state index is 13.8. The lowest BCUT2D eigenvalue weighted by Gasteiger charge is -2.35. The van der Waals surface area contributed by atoms with Crippen molar-refractivity contribution in [2.45, 2.75) is 97.4 Å². The maximum absolute atomic E-state index is 13.8. The average Bonchev–Trinajstić information content (AvgIpc) is 2.70. The van der Waals surface area contributed by atoms with E-state index in [1.165, 1.54) is 25.7 Å². The molecule has 0 fully saturated rings. The molecule has 0 radical (unpaired) electrons. The molecule has 0 saturated heterocycles. The quantitative estimate of drug-likeness (QED) is 0.165. The molecule has 0 aliphatic rings. The molecule has 6 heteroatoms. The third kappa shape index (κ3) is 9.36. The minimum absolute atomic E-state index is 0.172. The van der Waals surface area contributed by atoms with Crippen LogP contribution in [0.25, 0.3) is 0 Å². The van der Waals surface area contributed by atoms with Crippen molar-refractivity contribution >= 4 is 0 Å². The maximum Gasteiger partial charge on any atom is 0.283 e. The molecule has 0 bridgehead atoms. The summed E-state index contributed by atoms with van der Waals surface area (Å²) in [5.41, 5.74) is 0.172. The molecular weight excluding hydrogens is 393 g/mol. The molecule has 30 heavy (non-hydrogen) atoms. The van der Waals surface area contributed by atoms with Crippen LogP contribution in [0, 0.1) is 23.4 Å². The van der Waals surface area contributed by atoms with Gasteiger partial charge >= 0.3 is 0 Å². The molecule has 0 aliphatic heterocycles. The summed E-state index contributed by atoms with van der Waals surface area (Å²) in [6.45, 7) is 6.50. The van der Waals surface area contributed by atoms with Gasteiger partial charge < -0.3 is 14.6 Å². The van der Waals surface area contributed by atoms with E-state index in [1.807, 2.05) is 13.8 Å². The topological polar surface area (TPSA) is 38.7 Å². The highest BCUT2D eigenvalue weighted by molar-refractivity contribution is 5.20. The summed E-state index contributed by atoms with van der Waals surface area (Å²) in [7, 11) is 0. The lowest BCUT2D eigenvalue weighted by Crippen LogP contribution is -2.44. The Morgan fingerprint density at radius 1 is 0.767 bits per heavy atom. The van der Waals surface area contributed by atoms with Gasteiger partial charge in [-0.3, -0.25) is 0 Å². The largest absolute Gasteiger partial charge is 0.343 e. The minimum atomic E-state index is -1.62. The molecule has 0 aromatic heterocycles. The summed E-state index contributed by atoms with van der Waals surface area (Å²) in [5, 5.41) is 10.9. The summed E-state index contributed by atoms with van der Waals surface area (Å²) in [4.78, 5) is 0. The zero-order valence-electron chi connectivity index (χ0n) is 18.8. The number of halogens is 3. The molecule has 1 N–H and O–H groups in total. The normalized spacial score (nSPS) is 13.0. The zero-order valence-corrected chi connectivity index (χ0v) is 18.8. The molecule has 0 heterocycles. The van der Waals surface area contributed by atoms with E-state index in [9.17, 15) is 18.3 Å². The van der Waals surface area contributed by atoms with Gasteiger partial charge in [-0.2, -0.15) is 0 Å². The van der Waals surface area contributed by atoms with Crippen molar-refractivity contribution in [2.75, 3.05) is 13.2 Å². The second-order valence-electron chi connectivity index (χ2n) is 7.85. The number of hydrogen-bond donors (Lipinski definition) is 1. The minimum Gasteiger partial charge on any atom is -0.343 e. The molecule has 1 aromatic carbocycles. The Bertz CT molecular complexity index is 589. The lowest BCUT2D eigenvalue weighted by atomic mass is 9.91. The molecule has 1 unspecified atom stereocenters. The molecule has 3 nitrogen and oxygen atoms in total. The van der Waals surface area contributed by atoms with E-state index < -0.39 is 23.4 Å². The van der Waals surface area contributed by atoms with E-state index in [4.69, 9.17) is 9.47 Å². The van der Waals surface area contributed by atoms with Crippen LogP contribution in [0.15, 0.2) is 12.1 Å². The van der Waals surface area contributed by atoms with Gasteiger partial charge in [0.1, 0.15) is 5.82 Å². The van der Waals surface area contributed by atoms with E-state index in [-0.39, 0.29) is 11.5 Å². The van der Waals surface area contributed by atoms with Crippen LogP contribution in [0.1, 0.15) is 90.5 Å². The predicted octanol–water partition coefficient (Wildman–Crippen LogP) is 6.90. The Morgan fingerprint density at radius 2 is 1.30 bits per heavy atom. The van der Waals surface area contributed by atoms with Gasteiger partial charge in [-0.15, -0.1) is 0 Å². The Kier molecular flexibility index (Phi) is 13.3. The van der Waals surface area contributed by atoms with Crippen LogP contribution < -0.4 is 0 Å². The van der Waals surface area contributed by atoms with E-state index in [1.54, 1.807) is 0 Å². The van der Waals surface area contributed by atoms with Crippen molar-refractivity contribution in [1.29, 1.82) is 0 Å². The summed E-state index contributed by atoms with van der Waals surface area (Å²) >= 11 is 0. The van der Waals surface area contributed by atoms with E-state index in [2.05, 4.69) is 6.92 Å². The van der Waals surface area contributed by atoms with Crippen LogP contribution in [-0.4, -0.2) is 24.3 Å². The van der Waals surface area contributed by atoms with Crippen LogP contribution in [0.2, 0.25) is 0 Å². The first-order valence-corrected chi connectivity index (χ1v) is 11.5. The van der Waals surface area contributed by atoms with Gasteiger partial charge in [0.05, 0.1) is 0 Å². The molecule has 0 aliphatic carbocycles. The van der Waals surface area contributed by atoms with Crippen LogP contribution in [0.3, 0.4) is 0 Å². The molecule has 0 amide bonds. The molecular formula is C24H39F3O3. The summed E-state index contributed by atoms with van der Waals surface area (Å²) < 4.78 is 51.4. The molecule has 0 saturated carbocycles. The molecule has 174 valence electrons. The first kappa shape index (κ1) is 26.9. The van der Waals surface area contributed by atoms with Crippen molar-refractivity contribution in [2.24, 2.45) is 5.92 Å². The van der Waals surface area contributed by atoms with Gasteiger partial charge in [-0.1, -0.05) is 51.9 Å². The van der Waals surface area contributed by atoms with E-state index >= 15 is 0 Å². The van der Waals surface area contributed by atoms with Crippen LogP contribution >= 0.6 is 0 Å².